The van der Waals surface area contributed by atoms with Gasteiger partial charge in [-0.15, -0.1) is 0 Å². The lowest BCUT2D eigenvalue weighted by Gasteiger charge is -2.10. The third-order valence-corrected chi connectivity index (χ3v) is 3.78. The highest BCUT2D eigenvalue weighted by molar-refractivity contribution is 5.89. The third kappa shape index (κ3) is 3.14. The van der Waals surface area contributed by atoms with E-state index in [2.05, 4.69) is 9.72 Å². The van der Waals surface area contributed by atoms with Gasteiger partial charge in [-0.05, 0) is 18.2 Å². The van der Waals surface area contributed by atoms with Crippen LogP contribution in [0.3, 0.4) is 0 Å². The van der Waals surface area contributed by atoms with Gasteiger partial charge in [0.25, 0.3) is 11.2 Å². The largest absolute Gasteiger partial charge is 0.465 e. The molecule has 3 rings (SSSR count). The highest BCUT2D eigenvalue weighted by Gasteiger charge is 2.20. The van der Waals surface area contributed by atoms with Crippen molar-refractivity contribution in [3.8, 4) is 0 Å². The summed E-state index contributed by atoms with van der Waals surface area (Å²) in [5.41, 5.74) is -0.921. The molecular formula is C17H12FN3O5. The van der Waals surface area contributed by atoms with Crippen molar-refractivity contribution >= 4 is 22.6 Å². The summed E-state index contributed by atoms with van der Waals surface area (Å²) in [5, 5.41) is 11.6. The predicted molar refractivity (Wildman–Crippen MR) is 89.5 cm³/mol. The van der Waals surface area contributed by atoms with Crippen molar-refractivity contribution in [3.05, 3.63) is 80.1 Å². The number of carbonyl (C=O) groups is 1. The SMILES string of the molecule is COC(=O)c1cc([N+](=O)[O-])cn(Cc2cc(F)cc3cccnc23)c1=O. The molecule has 9 heteroatoms. The third-order valence-electron chi connectivity index (χ3n) is 3.78. The van der Waals surface area contributed by atoms with Crippen molar-refractivity contribution < 1.29 is 18.8 Å². The topological polar surface area (TPSA) is 104 Å². The average molecular weight is 357 g/mol. The van der Waals surface area contributed by atoms with E-state index < -0.39 is 33.5 Å². The van der Waals surface area contributed by atoms with Crippen LogP contribution in [0.15, 0.2) is 47.5 Å². The average Bonchev–Trinajstić information content (AvgIpc) is 2.62. The number of pyridine rings is 2. The summed E-state index contributed by atoms with van der Waals surface area (Å²) in [5.74, 6) is -1.53. The predicted octanol–water partition coefficient (Wildman–Crippen LogP) is 2.28. The summed E-state index contributed by atoms with van der Waals surface area (Å²) in [6.07, 6.45) is 2.51. The fourth-order valence-electron chi connectivity index (χ4n) is 2.62. The van der Waals surface area contributed by atoms with E-state index in [4.69, 9.17) is 0 Å². The van der Waals surface area contributed by atoms with Crippen LogP contribution in [-0.2, 0) is 11.3 Å². The molecule has 132 valence electrons. The molecule has 0 radical (unpaired) electrons. The number of hydrogen-bond acceptors (Lipinski definition) is 6. The van der Waals surface area contributed by atoms with Gasteiger partial charge in [-0.1, -0.05) is 6.07 Å². The van der Waals surface area contributed by atoms with Crippen LogP contribution in [0.25, 0.3) is 10.9 Å². The molecule has 0 amide bonds. The number of nitro groups is 1. The molecule has 0 bridgehead atoms. The van der Waals surface area contributed by atoms with Crippen LogP contribution in [0.1, 0.15) is 15.9 Å². The highest BCUT2D eigenvalue weighted by Crippen LogP contribution is 2.20. The number of nitrogens with zero attached hydrogens (tertiary/aromatic N) is 3. The molecule has 2 aromatic heterocycles. The zero-order valence-corrected chi connectivity index (χ0v) is 13.5. The standard InChI is InChI=1S/C17H12FN3O5/c1-26-17(23)14-7-13(21(24)25)9-20(16(14)22)8-11-6-12(18)5-10-3-2-4-19-15(10)11/h2-7,9H,8H2,1H3. The zero-order chi connectivity index (χ0) is 18.8. The zero-order valence-electron chi connectivity index (χ0n) is 13.5. The summed E-state index contributed by atoms with van der Waals surface area (Å²) in [7, 11) is 1.06. The Hall–Kier alpha value is -3.62. The fourth-order valence-corrected chi connectivity index (χ4v) is 2.62. The number of hydrogen-bond donors (Lipinski definition) is 0. The molecule has 1 aromatic carbocycles. The number of methoxy groups -OCH3 is 1. The molecule has 0 aliphatic heterocycles. The van der Waals surface area contributed by atoms with Gasteiger partial charge in [-0.25, -0.2) is 9.18 Å². The lowest BCUT2D eigenvalue weighted by atomic mass is 10.1. The monoisotopic (exact) mass is 357 g/mol. The van der Waals surface area contributed by atoms with Gasteiger partial charge in [-0.3, -0.25) is 19.9 Å². The van der Waals surface area contributed by atoms with Crippen LogP contribution in [0.2, 0.25) is 0 Å². The first-order chi connectivity index (χ1) is 12.4. The van der Waals surface area contributed by atoms with Gasteiger partial charge >= 0.3 is 5.97 Å². The summed E-state index contributed by atoms with van der Waals surface area (Å²) in [6.45, 7) is -0.199. The first-order valence-corrected chi connectivity index (χ1v) is 7.41. The molecule has 0 saturated heterocycles. The van der Waals surface area contributed by atoms with Gasteiger partial charge in [0, 0.05) is 23.2 Å². The van der Waals surface area contributed by atoms with Crippen molar-refractivity contribution in [3.63, 3.8) is 0 Å². The minimum atomic E-state index is -0.991. The van der Waals surface area contributed by atoms with Crippen molar-refractivity contribution in [1.82, 2.24) is 9.55 Å². The Labute approximate surface area is 145 Å². The van der Waals surface area contributed by atoms with E-state index >= 15 is 0 Å². The van der Waals surface area contributed by atoms with Gasteiger partial charge in [0.1, 0.15) is 11.4 Å². The number of fused-ring (bicyclic) bond motifs is 1. The lowest BCUT2D eigenvalue weighted by Crippen LogP contribution is -2.27. The molecule has 0 atom stereocenters. The molecule has 26 heavy (non-hydrogen) atoms. The van der Waals surface area contributed by atoms with Crippen molar-refractivity contribution in [1.29, 1.82) is 0 Å². The van der Waals surface area contributed by atoms with Gasteiger partial charge in [0.2, 0.25) is 0 Å². The molecular weight excluding hydrogens is 345 g/mol. The molecule has 0 saturated carbocycles. The van der Waals surface area contributed by atoms with Crippen LogP contribution >= 0.6 is 0 Å². The maximum atomic E-state index is 13.9. The quantitative estimate of drug-likeness (QED) is 0.403. The summed E-state index contributed by atoms with van der Waals surface area (Å²) >= 11 is 0. The van der Waals surface area contributed by atoms with Crippen LogP contribution in [0.4, 0.5) is 10.1 Å². The lowest BCUT2D eigenvalue weighted by molar-refractivity contribution is -0.385. The Balaban J connectivity index is 2.19. The number of esters is 1. The van der Waals surface area contributed by atoms with Crippen LogP contribution in [0.5, 0.6) is 0 Å². The summed E-state index contributed by atoms with van der Waals surface area (Å²) in [6, 6.07) is 6.64. The van der Waals surface area contributed by atoms with Gasteiger partial charge in [0.15, 0.2) is 0 Å². The van der Waals surface area contributed by atoms with E-state index in [1.807, 2.05) is 0 Å². The molecule has 0 N–H and O–H groups in total. The van der Waals surface area contributed by atoms with E-state index in [0.717, 1.165) is 23.9 Å². The Morgan fingerprint density at radius 1 is 1.38 bits per heavy atom. The molecule has 2 heterocycles. The van der Waals surface area contributed by atoms with Gasteiger partial charge < -0.3 is 9.30 Å². The first kappa shape index (κ1) is 17.2. The second kappa shape index (κ2) is 6.71. The molecule has 0 aliphatic carbocycles. The maximum Gasteiger partial charge on any atom is 0.343 e. The van der Waals surface area contributed by atoms with Crippen molar-refractivity contribution in [2.45, 2.75) is 6.54 Å². The number of benzene rings is 1. The molecule has 0 spiro atoms. The Kier molecular flexibility index (Phi) is 4.44. The molecule has 3 aromatic rings. The Morgan fingerprint density at radius 3 is 2.85 bits per heavy atom. The number of ether oxygens (including phenoxy) is 1. The second-order valence-electron chi connectivity index (χ2n) is 5.43. The molecule has 0 fully saturated rings. The Bertz CT molecular complexity index is 1090. The van der Waals surface area contributed by atoms with E-state index in [9.17, 15) is 24.1 Å². The molecule has 0 aliphatic rings. The van der Waals surface area contributed by atoms with E-state index in [1.54, 1.807) is 12.1 Å². The van der Waals surface area contributed by atoms with Crippen molar-refractivity contribution in [2.24, 2.45) is 0 Å². The minimum Gasteiger partial charge on any atom is -0.465 e. The fraction of sp³-hybridized carbons (Fsp3) is 0.118. The normalized spacial score (nSPS) is 10.7. The number of halogens is 1. The number of carbonyl (C=O) groups excluding carboxylic acids is 1. The van der Waals surface area contributed by atoms with E-state index in [0.29, 0.717) is 16.5 Å². The summed E-state index contributed by atoms with van der Waals surface area (Å²) < 4.78 is 19.3. The van der Waals surface area contributed by atoms with Crippen LogP contribution in [0, 0.1) is 15.9 Å². The number of aromatic nitrogens is 2. The van der Waals surface area contributed by atoms with E-state index in [-0.39, 0.29) is 6.54 Å². The van der Waals surface area contributed by atoms with Crippen LogP contribution in [-0.4, -0.2) is 27.6 Å². The molecule has 8 nitrogen and oxygen atoms in total. The van der Waals surface area contributed by atoms with Crippen molar-refractivity contribution in [2.75, 3.05) is 7.11 Å². The smallest absolute Gasteiger partial charge is 0.343 e. The first-order valence-electron chi connectivity index (χ1n) is 7.41. The van der Waals surface area contributed by atoms with Crippen LogP contribution < -0.4 is 5.56 Å². The van der Waals surface area contributed by atoms with Gasteiger partial charge in [-0.2, -0.15) is 0 Å². The number of rotatable bonds is 4. The minimum absolute atomic E-state index is 0.199. The molecule has 0 unspecified atom stereocenters. The maximum absolute atomic E-state index is 13.9. The highest BCUT2D eigenvalue weighted by atomic mass is 19.1. The summed E-state index contributed by atoms with van der Waals surface area (Å²) in [4.78, 5) is 38.8. The second-order valence-corrected chi connectivity index (χ2v) is 5.43. The van der Waals surface area contributed by atoms with E-state index in [1.165, 1.54) is 18.3 Å². The van der Waals surface area contributed by atoms with Gasteiger partial charge in [0.05, 0.1) is 30.3 Å². The Morgan fingerprint density at radius 2 is 2.15 bits per heavy atom.